The largest absolute Gasteiger partial charge is 0.378 e. The van der Waals surface area contributed by atoms with Gasteiger partial charge in [0.15, 0.2) is 0 Å². The van der Waals surface area contributed by atoms with Gasteiger partial charge in [-0.05, 0) is 6.42 Å². The average Bonchev–Trinajstić information content (AvgIpc) is 3.11. The minimum absolute atomic E-state index is 0.436. The van der Waals surface area contributed by atoms with Crippen LogP contribution in [0, 0.1) is 0 Å². The van der Waals surface area contributed by atoms with Gasteiger partial charge in [0.05, 0.1) is 18.0 Å². The van der Waals surface area contributed by atoms with Crippen LogP contribution in [0.25, 0.3) is 5.78 Å². The molecule has 0 saturated heterocycles. The highest BCUT2D eigenvalue weighted by Gasteiger charge is 2.10. The molecule has 3 aromatic rings. The molecular weight excluding hydrogens is 282 g/mol. The van der Waals surface area contributed by atoms with E-state index in [2.05, 4.69) is 32.4 Å². The summed E-state index contributed by atoms with van der Waals surface area (Å²) in [6.45, 7) is 3.21. The Morgan fingerprint density at radius 3 is 3.00 bits per heavy atom. The van der Waals surface area contributed by atoms with Gasteiger partial charge in [0.1, 0.15) is 12.1 Å². The van der Waals surface area contributed by atoms with Gasteiger partial charge in [0.2, 0.25) is 0 Å². The van der Waals surface area contributed by atoms with Crippen LogP contribution in [0.5, 0.6) is 0 Å². The summed E-state index contributed by atoms with van der Waals surface area (Å²) in [7, 11) is 3.58. The lowest BCUT2D eigenvalue weighted by atomic mass is 10.2. The van der Waals surface area contributed by atoms with Crippen LogP contribution in [0.3, 0.4) is 0 Å². The molecule has 3 heterocycles. The highest BCUT2D eigenvalue weighted by molar-refractivity contribution is 5.45. The molecule has 0 aliphatic carbocycles. The molecule has 1 N–H and O–H groups in total. The number of anilines is 1. The summed E-state index contributed by atoms with van der Waals surface area (Å²) in [6, 6.07) is 1.92. The molecule has 8 nitrogen and oxygen atoms in total. The van der Waals surface area contributed by atoms with E-state index in [4.69, 9.17) is 4.74 Å². The van der Waals surface area contributed by atoms with E-state index in [-0.39, 0.29) is 0 Å². The fraction of sp³-hybridized carbons (Fsp3) is 0.429. The van der Waals surface area contributed by atoms with Crippen LogP contribution >= 0.6 is 0 Å². The Bertz CT molecular complexity index is 777. The summed E-state index contributed by atoms with van der Waals surface area (Å²) in [4.78, 5) is 8.53. The summed E-state index contributed by atoms with van der Waals surface area (Å²) in [5.74, 6) is 1.39. The van der Waals surface area contributed by atoms with Crippen LogP contribution in [-0.4, -0.2) is 36.5 Å². The molecule has 0 saturated carbocycles. The average molecular weight is 301 g/mol. The van der Waals surface area contributed by atoms with Crippen molar-refractivity contribution in [2.75, 3.05) is 12.4 Å². The van der Waals surface area contributed by atoms with E-state index in [9.17, 15) is 0 Å². The van der Waals surface area contributed by atoms with Crippen molar-refractivity contribution in [1.82, 2.24) is 29.4 Å². The summed E-state index contributed by atoms with van der Waals surface area (Å²) >= 11 is 0. The fourth-order valence-corrected chi connectivity index (χ4v) is 2.42. The predicted molar refractivity (Wildman–Crippen MR) is 81.4 cm³/mol. The Hall–Kier alpha value is -2.48. The van der Waals surface area contributed by atoms with E-state index in [0.29, 0.717) is 18.9 Å². The predicted octanol–water partition coefficient (Wildman–Crippen LogP) is 1.18. The third-order valence-corrected chi connectivity index (χ3v) is 3.38. The molecule has 0 unspecified atom stereocenters. The van der Waals surface area contributed by atoms with E-state index in [1.54, 1.807) is 11.6 Å². The van der Waals surface area contributed by atoms with E-state index in [1.807, 2.05) is 24.0 Å². The lowest BCUT2D eigenvalue weighted by molar-refractivity contribution is 0.181. The van der Waals surface area contributed by atoms with Gasteiger partial charge in [-0.25, -0.2) is 4.98 Å². The number of nitrogens with one attached hydrogen (secondary N) is 1. The zero-order valence-corrected chi connectivity index (χ0v) is 12.9. The molecule has 0 aromatic carbocycles. The normalized spacial score (nSPS) is 11.2. The summed E-state index contributed by atoms with van der Waals surface area (Å²) in [5.41, 5.74) is 3.08. The van der Waals surface area contributed by atoms with Gasteiger partial charge in [0, 0.05) is 38.5 Å². The van der Waals surface area contributed by atoms with Crippen molar-refractivity contribution in [3.63, 3.8) is 0 Å². The number of aryl methyl sites for hydroxylation is 2. The molecule has 3 rings (SSSR count). The topological polar surface area (TPSA) is 82.2 Å². The van der Waals surface area contributed by atoms with Crippen molar-refractivity contribution < 1.29 is 4.74 Å². The van der Waals surface area contributed by atoms with E-state index >= 15 is 0 Å². The molecule has 8 heteroatoms. The number of nitrogens with zero attached hydrogens (tertiary/aromatic N) is 6. The summed E-state index contributed by atoms with van der Waals surface area (Å²) < 4.78 is 8.67. The molecule has 0 atom stereocenters. The number of fused-ring (bicyclic) bond motifs is 1. The Morgan fingerprint density at radius 1 is 1.36 bits per heavy atom. The van der Waals surface area contributed by atoms with E-state index < -0.39 is 0 Å². The summed E-state index contributed by atoms with van der Waals surface area (Å²) in [6.07, 6.45) is 4.43. The molecular formula is C14H19N7O. The minimum Gasteiger partial charge on any atom is -0.378 e. The number of methoxy groups -OCH3 is 1. The van der Waals surface area contributed by atoms with Crippen molar-refractivity contribution in [2.24, 2.45) is 7.05 Å². The monoisotopic (exact) mass is 301 g/mol. The van der Waals surface area contributed by atoms with Crippen LogP contribution < -0.4 is 5.32 Å². The second-order valence-electron chi connectivity index (χ2n) is 5.02. The lowest BCUT2D eigenvalue weighted by Gasteiger charge is -2.09. The maximum absolute atomic E-state index is 5.15. The first kappa shape index (κ1) is 14.5. The molecule has 3 aromatic heterocycles. The molecule has 116 valence electrons. The van der Waals surface area contributed by atoms with Crippen molar-refractivity contribution in [2.45, 2.75) is 26.5 Å². The smallest absolute Gasteiger partial charge is 0.254 e. The zero-order chi connectivity index (χ0) is 15.5. The quantitative estimate of drug-likeness (QED) is 0.736. The van der Waals surface area contributed by atoms with Crippen LogP contribution in [0.15, 0.2) is 18.6 Å². The SMILES string of the molecule is CCc1nn(C)cc1CNc1cc(COC)nc2ncnn12. The van der Waals surface area contributed by atoms with E-state index in [0.717, 1.165) is 23.6 Å². The van der Waals surface area contributed by atoms with Crippen molar-refractivity contribution in [1.29, 1.82) is 0 Å². The molecule has 0 amide bonds. The van der Waals surface area contributed by atoms with Crippen molar-refractivity contribution in [3.05, 3.63) is 35.5 Å². The molecule has 0 radical (unpaired) electrons. The van der Waals surface area contributed by atoms with Crippen LogP contribution in [0.1, 0.15) is 23.9 Å². The van der Waals surface area contributed by atoms with Crippen LogP contribution in [-0.2, 0) is 31.4 Å². The number of hydrogen-bond donors (Lipinski definition) is 1. The number of aromatic nitrogens is 6. The first-order valence-corrected chi connectivity index (χ1v) is 7.15. The Morgan fingerprint density at radius 2 is 2.23 bits per heavy atom. The first-order chi connectivity index (χ1) is 10.7. The molecule has 0 spiro atoms. The minimum atomic E-state index is 0.436. The van der Waals surface area contributed by atoms with Crippen LogP contribution in [0.2, 0.25) is 0 Å². The number of hydrogen-bond acceptors (Lipinski definition) is 6. The molecule has 0 aliphatic rings. The van der Waals surface area contributed by atoms with Gasteiger partial charge < -0.3 is 10.1 Å². The second-order valence-corrected chi connectivity index (χ2v) is 5.02. The maximum atomic E-state index is 5.15. The molecule has 0 bridgehead atoms. The Labute approximate surface area is 128 Å². The second kappa shape index (κ2) is 6.10. The first-order valence-electron chi connectivity index (χ1n) is 7.15. The molecule has 22 heavy (non-hydrogen) atoms. The number of ether oxygens (including phenoxy) is 1. The highest BCUT2D eigenvalue weighted by atomic mass is 16.5. The maximum Gasteiger partial charge on any atom is 0.254 e. The lowest BCUT2D eigenvalue weighted by Crippen LogP contribution is -2.08. The van der Waals surface area contributed by atoms with Gasteiger partial charge in [-0.3, -0.25) is 4.68 Å². The van der Waals surface area contributed by atoms with Crippen molar-refractivity contribution in [3.8, 4) is 0 Å². The van der Waals surface area contributed by atoms with Gasteiger partial charge in [-0.15, -0.1) is 0 Å². The molecule has 0 aliphatic heterocycles. The zero-order valence-electron chi connectivity index (χ0n) is 12.9. The third-order valence-electron chi connectivity index (χ3n) is 3.38. The van der Waals surface area contributed by atoms with Gasteiger partial charge >= 0.3 is 0 Å². The fourth-order valence-electron chi connectivity index (χ4n) is 2.42. The molecule has 0 fully saturated rings. The van der Waals surface area contributed by atoms with Crippen molar-refractivity contribution >= 4 is 11.6 Å². The standard InChI is InChI=1S/C14H19N7O/c1-4-12-10(7-20(2)19-12)6-15-13-5-11(8-22-3)18-14-16-9-17-21(13)14/h5,7,9,15H,4,6,8H2,1-3H3. The van der Waals surface area contributed by atoms with Crippen LogP contribution in [0.4, 0.5) is 5.82 Å². The van der Waals surface area contributed by atoms with Gasteiger partial charge in [0.25, 0.3) is 5.78 Å². The summed E-state index contributed by atoms with van der Waals surface area (Å²) in [5, 5.41) is 12.0. The van der Waals surface area contributed by atoms with Gasteiger partial charge in [-0.1, -0.05) is 6.92 Å². The van der Waals surface area contributed by atoms with E-state index in [1.165, 1.54) is 11.9 Å². The number of rotatable bonds is 6. The Kier molecular flexibility index (Phi) is 4.01. The van der Waals surface area contributed by atoms with Gasteiger partial charge in [-0.2, -0.15) is 19.7 Å². The third kappa shape index (κ3) is 2.77. The Balaban J connectivity index is 1.87. The highest BCUT2D eigenvalue weighted by Crippen LogP contribution is 2.14.